The lowest BCUT2D eigenvalue weighted by molar-refractivity contribution is -0.131. The highest BCUT2D eigenvalue weighted by Gasteiger charge is 2.22. The second-order valence-electron chi connectivity index (χ2n) is 6.68. The van der Waals surface area contributed by atoms with Crippen molar-refractivity contribution in [2.45, 2.75) is 51.5 Å². The molecule has 0 N–H and O–H groups in total. The second kappa shape index (κ2) is 9.60. The number of thioether (sulfide) groups is 1. The molecule has 0 radical (unpaired) electrons. The normalized spacial score (nSPS) is 11.1. The van der Waals surface area contributed by atoms with E-state index in [9.17, 15) is 4.79 Å². The molecule has 2 rings (SSSR count). The maximum atomic E-state index is 12.7. The Kier molecular flexibility index (Phi) is 7.47. The Morgan fingerprint density at radius 3 is 2.52 bits per heavy atom. The van der Waals surface area contributed by atoms with Crippen molar-refractivity contribution in [3.05, 3.63) is 36.9 Å². The number of methoxy groups -OCH3 is 1. The molecule has 2 aromatic rings. The smallest absolute Gasteiger partial charge is 0.233 e. The van der Waals surface area contributed by atoms with E-state index in [1.807, 2.05) is 61.4 Å². The molecular formula is C20H28N4O2S. The standard InChI is InChI=1S/C20H28N4O2S/c1-7-12-23-19(16-10-8-9-11-17(16)26-6)21-22-20(23)27-13-18(25)24(14(2)3)15(4)5/h7-11,14-15H,1,12-13H2,2-6H3. The molecule has 0 aliphatic rings. The van der Waals surface area contributed by atoms with E-state index in [4.69, 9.17) is 4.74 Å². The predicted octanol–water partition coefficient (Wildman–Crippen LogP) is 3.88. The van der Waals surface area contributed by atoms with E-state index in [1.165, 1.54) is 11.8 Å². The van der Waals surface area contributed by atoms with Crippen molar-refractivity contribution in [1.29, 1.82) is 0 Å². The van der Waals surface area contributed by atoms with Crippen molar-refractivity contribution in [1.82, 2.24) is 19.7 Å². The van der Waals surface area contributed by atoms with E-state index in [0.717, 1.165) is 11.3 Å². The van der Waals surface area contributed by atoms with E-state index < -0.39 is 0 Å². The summed E-state index contributed by atoms with van der Waals surface area (Å²) in [7, 11) is 1.63. The maximum absolute atomic E-state index is 12.7. The van der Waals surface area contributed by atoms with Crippen LogP contribution in [0.5, 0.6) is 5.75 Å². The molecule has 0 aliphatic carbocycles. The van der Waals surface area contributed by atoms with Gasteiger partial charge in [-0.2, -0.15) is 0 Å². The number of hydrogen-bond acceptors (Lipinski definition) is 5. The Morgan fingerprint density at radius 2 is 1.93 bits per heavy atom. The summed E-state index contributed by atoms with van der Waals surface area (Å²) >= 11 is 1.40. The number of aromatic nitrogens is 3. The van der Waals surface area contributed by atoms with Crippen molar-refractivity contribution in [2.24, 2.45) is 0 Å². The Morgan fingerprint density at radius 1 is 1.26 bits per heavy atom. The van der Waals surface area contributed by atoms with Gasteiger partial charge in [0.15, 0.2) is 11.0 Å². The highest BCUT2D eigenvalue weighted by molar-refractivity contribution is 7.99. The minimum Gasteiger partial charge on any atom is -0.496 e. The molecule has 0 bridgehead atoms. The summed E-state index contributed by atoms with van der Waals surface area (Å²) in [6, 6.07) is 8.01. The highest BCUT2D eigenvalue weighted by Crippen LogP contribution is 2.31. The van der Waals surface area contributed by atoms with Crippen molar-refractivity contribution >= 4 is 17.7 Å². The zero-order valence-electron chi connectivity index (χ0n) is 16.7. The predicted molar refractivity (Wildman–Crippen MR) is 110 cm³/mol. The Hall–Kier alpha value is -2.28. The van der Waals surface area contributed by atoms with E-state index in [1.54, 1.807) is 13.2 Å². The van der Waals surface area contributed by atoms with Crippen LogP contribution in [0.3, 0.4) is 0 Å². The number of benzene rings is 1. The summed E-state index contributed by atoms with van der Waals surface area (Å²) in [6.45, 7) is 12.5. The molecule has 1 aromatic heterocycles. The van der Waals surface area contributed by atoms with Crippen LogP contribution in [0.25, 0.3) is 11.4 Å². The van der Waals surface area contributed by atoms with Crippen LogP contribution in [0, 0.1) is 0 Å². The van der Waals surface area contributed by atoms with Gasteiger partial charge in [-0.25, -0.2) is 0 Å². The molecule has 1 heterocycles. The van der Waals surface area contributed by atoms with Gasteiger partial charge in [-0.05, 0) is 39.8 Å². The third kappa shape index (κ3) is 4.91. The van der Waals surface area contributed by atoms with Crippen LogP contribution in [-0.2, 0) is 11.3 Å². The minimum atomic E-state index is 0.0944. The third-order valence-electron chi connectivity index (χ3n) is 4.10. The molecule has 1 amide bonds. The van der Waals surface area contributed by atoms with E-state index in [0.29, 0.717) is 23.3 Å². The van der Waals surface area contributed by atoms with Gasteiger partial charge >= 0.3 is 0 Å². The number of ether oxygens (including phenoxy) is 1. The fourth-order valence-electron chi connectivity index (χ4n) is 3.09. The van der Waals surface area contributed by atoms with E-state index in [-0.39, 0.29) is 18.0 Å². The van der Waals surface area contributed by atoms with Gasteiger partial charge < -0.3 is 9.64 Å². The fourth-order valence-corrected chi connectivity index (χ4v) is 3.91. The van der Waals surface area contributed by atoms with Gasteiger partial charge in [0.25, 0.3) is 0 Å². The molecule has 0 aliphatic heterocycles. The van der Waals surface area contributed by atoms with Gasteiger partial charge in [0.2, 0.25) is 5.91 Å². The molecule has 0 unspecified atom stereocenters. The van der Waals surface area contributed by atoms with Crippen LogP contribution < -0.4 is 4.74 Å². The minimum absolute atomic E-state index is 0.0944. The molecular weight excluding hydrogens is 360 g/mol. The van der Waals surface area contributed by atoms with Gasteiger partial charge in [-0.1, -0.05) is 30.0 Å². The Labute approximate surface area is 165 Å². The van der Waals surface area contributed by atoms with Gasteiger partial charge in [0, 0.05) is 18.6 Å². The van der Waals surface area contributed by atoms with Crippen LogP contribution in [0.4, 0.5) is 0 Å². The quantitative estimate of drug-likeness (QED) is 0.482. The average Bonchev–Trinajstić information content (AvgIpc) is 3.02. The van der Waals surface area contributed by atoms with Crippen LogP contribution in [0.1, 0.15) is 27.7 Å². The summed E-state index contributed by atoms with van der Waals surface area (Å²) in [5.74, 6) is 1.84. The number of carbonyl (C=O) groups is 1. The first-order valence-corrected chi connectivity index (χ1v) is 10.0. The third-order valence-corrected chi connectivity index (χ3v) is 5.05. The summed E-state index contributed by atoms with van der Waals surface area (Å²) in [4.78, 5) is 14.5. The molecule has 0 saturated heterocycles. The Bertz CT molecular complexity index is 778. The van der Waals surface area contributed by atoms with E-state index in [2.05, 4.69) is 16.8 Å². The second-order valence-corrected chi connectivity index (χ2v) is 7.63. The number of rotatable bonds is 9. The number of para-hydroxylation sites is 1. The lowest BCUT2D eigenvalue weighted by atomic mass is 10.2. The molecule has 146 valence electrons. The van der Waals surface area contributed by atoms with Crippen molar-refractivity contribution < 1.29 is 9.53 Å². The van der Waals surface area contributed by atoms with Gasteiger partial charge in [0.05, 0.1) is 18.4 Å². The zero-order chi connectivity index (χ0) is 20.0. The highest BCUT2D eigenvalue weighted by atomic mass is 32.2. The van der Waals surface area contributed by atoms with Crippen LogP contribution >= 0.6 is 11.8 Å². The molecule has 1 aromatic carbocycles. The summed E-state index contributed by atoms with van der Waals surface area (Å²) in [5, 5.41) is 9.35. The molecule has 0 atom stereocenters. The monoisotopic (exact) mass is 388 g/mol. The first kappa shape index (κ1) is 21.0. The summed E-state index contributed by atoms with van der Waals surface area (Å²) < 4.78 is 7.41. The summed E-state index contributed by atoms with van der Waals surface area (Å²) in [5.41, 5.74) is 0.860. The molecule has 0 saturated carbocycles. The number of hydrogen-bond donors (Lipinski definition) is 0. The van der Waals surface area contributed by atoms with E-state index >= 15 is 0 Å². The SMILES string of the molecule is C=CCn1c(SCC(=O)N(C(C)C)C(C)C)nnc1-c1ccccc1OC. The van der Waals surface area contributed by atoms with Crippen molar-refractivity contribution in [3.63, 3.8) is 0 Å². The van der Waals surface area contributed by atoms with Crippen LogP contribution in [0.15, 0.2) is 42.1 Å². The average molecular weight is 389 g/mol. The first-order valence-electron chi connectivity index (χ1n) is 9.02. The molecule has 0 spiro atoms. The van der Waals surface area contributed by atoms with Gasteiger partial charge in [-0.15, -0.1) is 16.8 Å². The zero-order valence-corrected chi connectivity index (χ0v) is 17.5. The van der Waals surface area contributed by atoms with Crippen LogP contribution in [0.2, 0.25) is 0 Å². The lowest BCUT2D eigenvalue weighted by Crippen LogP contribution is -2.43. The largest absolute Gasteiger partial charge is 0.496 e. The van der Waals surface area contributed by atoms with Gasteiger partial charge in [-0.3, -0.25) is 9.36 Å². The van der Waals surface area contributed by atoms with Crippen LogP contribution in [-0.4, -0.2) is 50.5 Å². The number of amides is 1. The maximum Gasteiger partial charge on any atom is 0.233 e. The number of carbonyl (C=O) groups excluding carboxylic acids is 1. The molecule has 0 fully saturated rings. The lowest BCUT2D eigenvalue weighted by Gasteiger charge is -2.30. The van der Waals surface area contributed by atoms with Gasteiger partial charge in [0.1, 0.15) is 5.75 Å². The first-order chi connectivity index (χ1) is 12.9. The summed E-state index contributed by atoms with van der Waals surface area (Å²) in [6.07, 6.45) is 1.79. The fraction of sp³-hybridized carbons (Fsp3) is 0.450. The molecule has 7 heteroatoms. The number of allylic oxidation sites excluding steroid dienone is 1. The molecule has 6 nitrogen and oxygen atoms in total. The molecule has 27 heavy (non-hydrogen) atoms. The number of nitrogens with zero attached hydrogens (tertiary/aromatic N) is 4. The van der Waals surface area contributed by atoms with Crippen molar-refractivity contribution in [3.8, 4) is 17.1 Å². The van der Waals surface area contributed by atoms with Crippen molar-refractivity contribution in [2.75, 3.05) is 12.9 Å². The Balaban J connectivity index is 2.27. The topological polar surface area (TPSA) is 60.2 Å².